The summed E-state index contributed by atoms with van der Waals surface area (Å²) in [5, 5.41) is 0. The van der Waals surface area contributed by atoms with Gasteiger partial charge < -0.3 is 9.80 Å². The summed E-state index contributed by atoms with van der Waals surface area (Å²) in [6, 6.07) is 23.5. The third kappa shape index (κ3) is 4.25. The van der Waals surface area contributed by atoms with Crippen LogP contribution in [0.5, 0.6) is 0 Å². The topological polar surface area (TPSA) is 6.48 Å². The molecule has 0 atom stereocenters. The zero-order valence-corrected chi connectivity index (χ0v) is 17.9. The van der Waals surface area contributed by atoms with Crippen LogP contribution in [0.25, 0.3) is 0 Å². The molecule has 3 aromatic rings. The number of hydrogen-bond acceptors (Lipinski definition) is 2. The van der Waals surface area contributed by atoms with E-state index in [0.717, 1.165) is 12.2 Å². The van der Waals surface area contributed by atoms with Gasteiger partial charge in [-0.3, -0.25) is 0 Å². The van der Waals surface area contributed by atoms with Crippen molar-refractivity contribution in [3.8, 4) is 0 Å². The molecule has 0 saturated heterocycles. The van der Waals surface area contributed by atoms with Crippen molar-refractivity contribution in [1.29, 1.82) is 0 Å². The summed E-state index contributed by atoms with van der Waals surface area (Å²) in [5.41, 5.74) is 8.89. The maximum atomic E-state index is 4.45. The van der Waals surface area contributed by atoms with E-state index in [2.05, 4.69) is 127 Å². The fourth-order valence-corrected chi connectivity index (χ4v) is 3.62. The van der Waals surface area contributed by atoms with Gasteiger partial charge in [0, 0.05) is 12.2 Å². The zero-order valence-electron chi connectivity index (χ0n) is 15.6. The SMILES string of the molecule is Cc1cc(C)c(CN2[C]N(c3ccccc3)c3ccccc32)c(C)c1.[Cl][Ag]. The predicted molar refractivity (Wildman–Crippen MR) is 111 cm³/mol. The molecular formula is C23H22AgClN2. The van der Waals surface area contributed by atoms with Crippen LogP contribution in [0.2, 0.25) is 0 Å². The quantitative estimate of drug-likeness (QED) is 0.407. The van der Waals surface area contributed by atoms with E-state index in [9.17, 15) is 0 Å². The second kappa shape index (κ2) is 8.99. The Morgan fingerprint density at radius 1 is 0.815 bits per heavy atom. The standard InChI is InChI=1S/C23H22N2.Ag.ClH/c1-17-13-18(2)21(19(3)14-17)15-24-16-25(20-9-5-4-6-10-20)23-12-8-7-11-22(23)24;;/h4-14H,15H2,1-3H3;;1H/q;+1;/p-1. The molecule has 0 saturated carbocycles. The number of fused-ring (bicyclic) bond motifs is 1. The number of halogens is 1. The van der Waals surface area contributed by atoms with E-state index in [1.54, 1.807) is 0 Å². The van der Waals surface area contributed by atoms with Gasteiger partial charge in [-0.25, -0.2) is 0 Å². The van der Waals surface area contributed by atoms with Gasteiger partial charge in [0.25, 0.3) is 0 Å². The molecule has 142 valence electrons. The predicted octanol–water partition coefficient (Wildman–Crippen LogP) is 6.45. The molecule has 2 nitrogen and oxygen atoms in total. The van der Waals surface area contributed by atoms with Crippen molar-refractivity contribution in [3.63, 3.8) is 0 Å². The Bertz CT molecular complexity index is 888. The van der Waals surface area contributed by atoms with Crippen molar-refractivity contribution in [3.05, 3.63) is 95.7 Å². The summed E-state index contributed by atoms with van der Waals surface area (Å²) in [5.74, 6) is 0. The minimum absolute atomic E-state index is 0.832. The first-order chi connectivity index (χ1) is 13.1. The molecule has 4 rings (SSSR count). The molecule has 0 unspecified atom stereocenters. The molecule has 1 aliphatic rings. The van der Waals surface area contributed by atoms with Crippen LogP contribution in [-0.2, 0) is 26.5 Å². The zero-order chi connectivity index (χ0) is 19.4. The molecule has 0 N–H and O–H groups in total. The summed E-state index contributed by atoms with van der Waals surface area (Å²) in [4.78, 5) is 4.38. The van der Waals surface area contributed by atoms with E-state index in [-0.39, 0.29) is 0 Å². The first-order valence-corrected chi connectivity index (χ1v) is 10.7. The van der Waals surface area contributed by atoms with Crippen LogP contribution in [0.4, 0.5) is 17.1 Å². The first kappa shape index (κ1) is 20.0. The molecule has 1 heterocycles. The average Bonchev–Trinajstić information content (AvgIpc) is 3.06. The monoisotopic (exact) mass is 468 g/mol. The Labute approximate surface area is 178 Å². The van der Waals surface area contributed by atoms with E-state index in [4.69, 9.17) is 0 Å². The third-order valence-corrected chi connectivity index (χ3v) is 4.81. The van der Waals surface area contributed by atoms with Gasteiger partial charge >= 0.3 is 29.2 Å². The van der Waals surface area contributed by atoms with E-state index in [1.165, 1.54) is 33.6 Å². The van der Waals surface area contributed by atoms with Crippen molar-refractivity contribution >= 4 is 26.3 Å². The Morgan fingerprint density at radius 3 is 2.00 bits per heavy atom. The molecule has 3 aromatic carbocycles. The van der Waals surface area contributed by atoms with E-state index < -0.39 is 0 Å². The number of benzene rings is 3. The van der Waals surface area contributed by atoms with Gasteiger partial charge in [-0.2, -0.15) is 0 Å². The van der Waals surface area contributed by atoms with Gasteiger partial charge in [0.05, 0.1) is 11.4 Å². The number of aryl methyl sites for hydroxylation is 3. The summed E-state index contributed by atoms with van der Waals surface area (Å²) in [6.45, 7) is 10.9. The fraction of sp³-hybridized carbons (Fsp3) is 0.174. The Morgan fingerprint density at radius 2 is 1.37 bits per heavy atom. The summed E-state index contributed by atoms with van der Waals surface area (Å²) < 4.78 is 0. The van der Waals surface area contributed by atoms with Crippen LogP contribution in [0.3, 0.4) is 0 Å². The summed E-state index contributed by atoms with van der Waals surface area (Å²) in [7, 11) is 4.45. The molecule has 0 fully saturated rings. The maximum absolute atomic E-state index is 4.45. The Balaban J connectivity index is 0.00000102. The number of para-hydroxylation sites is 3. The Hall–Kier alpha value is -1.71. The number of hydrogen-bond donors (Lipinski definition) is 0. The van der Waals surface area contributed by atoms with E-state index in [1.807, 2.05) is 6.07 Å². The Kier molecular flexibility index (Phi) is 6.67. The first-order valence-electron chi connectivity index (χ1n) is 8.79. The molecule has 0 aromatic heterocycles. The molecule has 1 aliphatic heterocycles. The number of nitrogens with zero attached hydrogens (tertiary/aromatic N) is 2. The van der Waals surface area contributed by atoms with Crippen molar-refractivity contribution in [1.82, 2.24) is 0 Å². The molecule has 0 bridgehead atoms. The fourth-order valence-electron chi connectivity index (χ4n) is 3.62. The van der Waals surface area contributed by atoms with E-state index >= 15 is 0 Å². The van der Waals surface area contributed by atoms with Crippen LogP contribution < -0.4 is 9.80 Å². The third-order valence-electron chi connectivity index (χ3n) is 4.81. The minimum atomic E-state index is 0.832. The van der Waals surface area contributed by atoms with Crippen LogP contribution in [0, 0.1) is 27.4 Å². The average molecular weight is 470 g/mol. The van der Waals surface area contributed by atoms with Crippen LogP contribution in [0.15, 0.2) is 66.7 Å². The second-order valence-electron chi connectivity index (χ2n) is 6.72. The van der Waals surface area contributed by atoms with Crippen molar-refractivity contribution in [2.75, 3.05) is 9.80 Å². The number of anilines is 3. The van der Waals surface area contributed by atoms with Gasteiger partial charge in [0.15, 0.2) is 0 Å². The molecule has 0 spiro atoms. The molecule has 0 aliphatic carbocycles. The van der Waals surface area contributed by atoms with Crippen molar-refractivity contribution in [2.45, 2.75) is 27.3 Å². The summed E-state index contributed by atoms with van der Waals surface area (Å²) >= 11 is 2.42. The van der Waals surface area contributed by atoms with Gasteiger partial charge in [0.2, 0.25) is 6.67 Å². The van der Waals surface area contributed by atoms with Crippen LogP contribution in [0.1, 0.15) is 22.3 Å². The normalized spacial score (nSPS) is 12.5. The summed E-state index contributed by atoms with van der Waals surface area (Å²) in [6.07, 6.45) is 0. The van der Waals surface area contributed by atoms with Crippen LogP contribution >= 0.6 is 9.19 Å². The van der Waals surface area contributed by atoms with Crippen LogP contribution in [-0.4, -0.2) is 0 Å². The molecule has 27 heavy (non-hydrogen) atoms. The second-order valence-corrected chi connectivity index (χ2v) is 6.72. The van der Waals surface area contributed by atoms with Crippen molar-refractivity contribution in [2.24, 2.45) is 0 Å². The molecule has 4 heteroatoms. The van der Waals surface area contributed by atoms with Crippen molar-refractivity contribution < 1.29 is 20.0 Å². The van der Waals surface area contributed by atoms with E-state index in [0.29, 0.717) is 0 Å². The van der Waals surface area contributed by atoms with Gasteiger partial charge in [-0.05, 0) is 61.7 Å². The van der Waals surface area contributed by atoms with Gasteiger partial charge in [-0.15, -0.1) is 0 Å². The van der Waals surface area contributed by atoms with Gasteiger partial charge in [0.1, 0.15) is 0 Å². The molecule has 2 radical (unpaired) electrons. The number of rotatable bonds is 3. The molecular weight excluding hydrogens is 448 g/mol. The van der Waals surface area contributed by atoms with Gasteiger partial charge in [-0.1, -0.05) is 48.0 Å². The molecule has 0 amide bonds.